The molecule has 0 amide bonds. The summed E-state index contributed by atoms with van der Waals surface area (Å²) < 4.78 is 2.01. The quantitative estimate of drug-likeness (QED) is 0.380. The van der Waals surface area contributed by atoms with Gasteiger partial charge in [-0.2, -0.15) is 5.26 Å². The van der Waals surface area contributed by atoms with Crippen LogP contribution in [0.4, 0.5) is 0 Å². The van der Waals surface area contributed by atoms with Crippen molar-refractivity contribution in [2.24, 2.45) is 0 Å². The highest BCUT2D eigenvalue weighted by Crippen LogP contribution is 2.36. The number of imidazole rings is 1. The molecule has 1 aliphatic rings. The van der Waals surface area contributed by atoms with Crippen molar-refractivity contribution in [3.8, 4) is 34.5 Å². The minimum absolute atomic E-state index is 0.132. The third kappa shape index (κ3) is 3.84. The topological polar surface area (TPSA) is 142 Å². The number of tetrazole rings is 1. The zero-order valence-corrected chi connectivity index (χ0v) is 19.5. The van der Waals surface area contributed by atoms with Crippen LogP contribution in [0, 0.1) is 11.3 Å². The van der Waals surface area contributed by atoms with Gasteiger partial charge in [-0.1, -0.05) is 67.8 Å². The van der Waals surface area contributed by atoms with Crippen LogP contribution in [0.3, 0.4) is 0 Å². The summed E-state index contributed by atoms with van der Waals surface area (Å²) in [5.74, 6) is 1.57. The first-order valence-electron chi connectivity index (χ1n) is 12.0. The molecule has 10 heteroatoms. The standard InChI is InChI=1S/C26H23N9O/c27-14-21-22-23(26(36)32-29-21)35(25(28-22)18-6-2-1-3-7-18)15-16-10-12-17(13-11-16)19-8-4-5-9-20(19)24-30-33-34-31-24/h4-5,8-13,18H,1-3,6-7,15H2,(H,32,36)(H,30,31,33,34). The zero-order valence-electron chi connectivity index (χ0n) is 19.5. The Labute approximate surface area is 206 Å². The molecule has 178 valence electrons. The molecule has 3 aromatic heterocycles. The van der Waals surface area contributed by atoms with Gasteiger partial charge in [-0.25, -0.2) is 10.1 Å². The number of hydrogen-bond acceptors (Lipinski definition) is 8. The molecular weight excluding hydrogens is 454 g/mol. The normalized spacial score (nSPS) is 14.2. The molecule has 2 aromatic carbocycles. The largest absolute Gasteiger partial charge is 0.491 e. The van der Waals surface area contributed by atoms with E-state index in [9.17, 15) is 10.4 Å². The number of nitriles is 1. The smallest absolute Gasteiger partial charge is 0.257 e. The summed E-state index contributed by atoms with van der Waals surface area (Å²) in [7, 11) is 0. The minimum Gasteiger partial charge on any atom is -0.491 e. The molecule has 3 heterocycles. The van der Waals surface area contributed by atoms with Crippen molar-refractivity contribution in [3.63, 3.8) is 0 Å². The number of hydrogen-bond donors (Lipinski definition) is 2. The molecule has 1 aliphatic carbocycles. The van der Waals surface area contributed by atoms with Crippen molar-refractivity contribution in [1.29, 1.82) is 5.26 Å². The third-order valence-corrected chi connectivity index (χ3v) is 6.89. The lowest BCUT2D eigenvalue weighted by Gasteiger charge is -2.22. The van der Waals surface area contributed by atoms with Crippen LogP contribution in [0.15, 0.2) is 48.5 Å². The molecule has 2 N–H and O–H groups in total. The number of rotatable bonds is 5. The van der Waals surface area contributed by atoms with Gasteiger partial charge in [-0.15, -0.1) is 15.3 Å². The van der Waals surface area contributed by atoms with E-state index < -0.39 is 0 Å². The third-order valence-electron chi connectivity index (χ3n) is 6.89. The zero-order chi connectivity index (χ0) is 24.5. The highest BCUT2D eigenvalue weighted by atomic mass is 16.3. The summed E-state index contributed by atoms with van der Waals surface area (Å²) in [5, 5.41) is 42.1. The second kappa shape index (κ2) is 9.19. The lowest BCUT2D eigenvalue weighted by atomic mass is 9.88. The van der Waals surface area contributed by atoms with Crippen molar-refractivity contribution >= 4 is 11.0 Å². The Morgan fingerprint density at radius 2 is 1.75 bits per heavy atom. The van der Waals surface area contributed by atoms with E-state index in [2.05, 4.69) is 61.2 Å². The van der Waals surface area contributed by atoms with Gasteiger partial charge in [0.25, 0.3) is 5.88 Å². The van der Waals surface area contributed by atoms with E-state index in [4.69, 9.17) is 4.98 Å². The highest BCUT2D eigenvalue weighted by Gasteiger charge is 2.26. The Kier molecular flexibility index (Phi) is 5.58. The molecule has 0 aliphatic heterocycles. The van der Waals surface area contributed by atoms with E-state index in [0.29, 0.717) is 23.4 Å². The number of nitrogens with one attached hydrogen (secondary N) is 1. The van der Waals surface area contributed by atoms with E-state index in [0.717, 1.165) is 53.8 Å². The fourth-order valence-corrected chi connectivity index (χ4v) is 5.15. The van der Waals surface area contributed by atoms with Crippen molar-refractivity contribution in [3.05, 3.63) is 65.6 Å². The molecule has 36 heavy (non-hydrogen) atoms. The maximum absolute atomic E-state index is 10.6. The maximum Gasteiger partial charge on any atom is 0.257 e. The SMILES string of the molecule is N#Cc1nnc(O)c2c1nc(C1CCCCC1)n2Cc1ccc(-c2ccccc2-c2nnn[nH]2)cc1. The number of benzene rings is 2. The van der Waals surface area contributed by atoms with Crippen molar-refractivity contribution < 1.29 is 5.11 Å². The molecule has 0 atom stereocenters. The number of aromatic nitrogens is 8. The predicted octanol–water partition coefficient (Wildman–Crippen LogP) is 4.35. The average molecular weight is 478 g/mol. The second-order valence-corrected chi connectivity index (χ2v) is 9.06. The Balaban J connectivity index is 1.39. The highest BCUT2D eigenvalue weighted by molar-refractivity contribution is 5.84. The van der Waals surface area contributed by atoms with Gasteiger partial charge >= 0.3 is 0 Å². The molecule has 6 rings (SSSR count). The monoisotopic (exact) mass is 477 g/mol. The van der Waals surface area contributed by atoms with Crippen LogP contribution < -0.4 is 0 Å². The lowest BCUT2D eigenvalue weighted by molar-refractivity contribution is 0.417. The molecule has 1 fully saturated rings. The van der Waals surface area contributed by atoms with Gasteiger partial charge < -0.3 is 9.67 Å². The minimum atomic E-state index is -0.204. The van der Waals surface area contributed by atoms with E-state index in [1.807, 2.05) is 28.8 Å². The molecule has 0 unspecified atom stereocenters. The van der Waals surface area contributed by atoms with Crippen LogP contribution in [0.5, 0.6) is 5.88 Å². The molecule has 0 radical (unpaired) electrons. The van der Waals surface area contributed by atoms with Crippen LogP contribution in [-0.2, 0) is 6.54 Å². The Bertz CT molecular complexity index is 1560. The number of nitrogens with zero attached hydrogens (tertiary/aromatic N) is 8. The fraction of sp³-hybridized carbons (Fsp3) is 0.269. The summed E-state index contributed by atoms with van der Waals surface area (Å²) in [6.07, 6.45) is 5.60. The first kappa shape index (κ1) is 21.9. The van der Waals surface area contributed by atoms with Gasteiger partial charge in [-0.3, -0.25) is 0 Å². The van der Waals surface area contributed by atoms with Gasteiger partial charge in [0.15, 0.2) is 11.5 Å². The first-order chi connectivity index (χ1) is 17.7. The van der Waals surface area contributed by atoms with Crippen molar-refractivity contribution in [2.75, 3.05) is 0 Å². The lowest BCUT2D eigenvalue weighted by Crippen LogP contribution is -2.13. The molecule has 5 aromatic rings. The van der Waals surface area contributed by atoms with E-state index in [1.165, 1.54) is 6.42 Å². The summed E-state index contributed by atoms with van der Waals surface area (Å²) in [5.41, 5.74) is 5.03. The molecule has 0 saturated heterocycles. The first-order valence-corrected chi connectivity index (χ1v) is 12.0. The Hall–Kier alpha value is -4.65. The predicted molar refractivity (Wildman–Crippen MR) is 132 cm³/mol. The summed E-state index contributed by atoms with van der Waals surface area (Å²) >= 11 is 0. The van der Waals surface area contributed by atoms with Crippen LogP contribution in [-0.4, -0.2) is 45.5 Å². The van der Waals surface area contributed by atoms with E-state index in [-0.39, 0.29) is 17.5 Å². The van der Waals surface area contributed by atoms with Crippen LogP contribution in [0.2, 0.25) is 0 Å². The molecule has 1 saturated carbocycles. The number of aromatic hydroxyl groups is 1. The summed E-state index contributed by atoms with van der Waals surface area (Å²) in [6, 6.07) is 18.3. The maximum atomic E-state index is 10.6. The molecule has 10 nitrogen and oxygen atoms in total. The van der Waals surface area contributed by atoms with Crippen LogP contribution in [0.25, 0.3) is 33.5 Å². The second-order valence-electron chi connectivity index (χ2n) is 9.06. The van der Waals surface area contributed by atoms with Crippen molar-refractivity contribution in [1.82, 2.24) is 40.4 Å². The summed E-state index contributed by atoms with van der Waals surface area (Å²) in [6.45, 7) is 0.500. The van der Waals surface area contributed by atoms with Crippen LogP contribution in [0.1, 0.15) is 55.1 Å². The van der Waals surface area contributed by atoms with Crippen molar-refractivity contribution in [2.45, 2.75) is 44.6 Å². The van der Waals surface area contributed by atoms with Gasteiger partial charge in [0.2, 0.25) is 0 Å². The van der Waals surface area contributed by atoms with E-state index >= 15 is 0 Å². The fourth-order valence-electron chi connectivity index (χ4n) is 5.15. The van der Waals surface area contributed by atoms with Crippen LogP contribution >= 0.6 is 0 Å². The Morgan fingerprint density at radius 1 is 0.972 bits per heavy atom. The molecule has 0 bridgehead atoms. The number of fused-ring (bicyclic) bond motifs is 1. The molecule has 0 spiro atoms. The Morgan fingerprint density at radius 3 is 2.47 bits per heavy atom. The van der Waals surface area contributed by atoms with Gasteiger partial charge in [-0.05, 0) is 40.0 Å². The average Bonchev–Trinajstić information content (AvgIpc) is 3.60. The number of H-pyrrole nitrogens is 1. The molecular formula is C26H23N9O. The summed E-state index contributed by atoms with van der Waals surface area (Å²) in [4.78, 5) is 4.83. The van der Waals surface area contributed by atoms with Gasteiger partial charge in [0.05, 0.1) is 0 Å². The van der Waals surface area contributed by atoms with Gasteiger partial charge in [0.1, 0.15) is 22.9 Å². The number of aromatic amines is 1. The van der Waals surface area contributed by atoms with Gasteiger partial charge in [0, 0.05) is 18.0 Å². The van der Waals surface area contributed by atoms with E-state index in [1.54, 1.807) is 0 Å².